The van der Waals surface area contributed by atoms with Crippen LogP contribution in [0.3, 0.4) is 0 Å². The number of benzene rings is 1. The Morgan fingerprint density at radius 1 is 1.18 bits per heavy atom. The minimum Gasteiger partial charge on any atom is -0.497 e. The average Bonchev–Trinajstić information content (AvgIpc) is 2.50. The zero-order chi connectivity index (χ0) is 16.5. The molecule has 7 nitrogen and oxygen atoms in total. The molecule has 0 unspecified atom stereocenters. The van der Waals surface area contributed by atoms with Crippen molar-refractivity contribution in [2.45, 2.75) is 6.92 Å². The zero-order valence-electron chi connectivity index (χ0n) is 13.3. The van der Waals surface area contributed by atoms with Gasteiger partial charge in [0, 0.05) is 26.6 Å². The summed E-state index contributed by atoms with van der Waals surface area (Å²) in [5.74, 6) is 0.599. The summed E-state index contributed by atoms with van der Waals surface area (Å²) in [7, 11) is 4.59. The van der Waals surface area contributed by atoms with E-state index in [0.717, 1.165) is 0 Å². The largest absolute Gasteiger partial charge is 0.497 e. The highest BCUT2D eigenvalue weighted by Gasteiger charge is 2.15. The second kappa shape index (κ2) is 8.89. The summed E-state index contributed by atoms with van der Waals surface area (Å²) in [5, 5.41) is 2.72. The Bertz CT molecular complexity index is 519. The number of anilines is 1. The minimum absolute atomic E-state index is 0.0565. The summed E-state index contributed by atoms with van der Waals surface area (Å²) in [4.78, 5) is 25.0. The molecule has 0 aliphatic carbocycles. The quantitative estimate of drug-likeness (QED) is 0.779. The Kier molecular flexibility index (Phi) is 7.18. The van der Waals surface area contributed by atoms with E-state index in [2.05, 4.69) is 5.32 Å². The highest BCUT2D eigenvalue weighted by molar-refractivity contribution is 5.95. The van der Waals surface area contributed by atoms with E-state index in [1.165, 1.54) is 26.0 Å². The molecule has 1 N–H and O–H groups in total. The van der Waals surface area contributed by atoms with Crippen molar-refractivity contribution >= 4 is 17.5 Å². The van der Waals surface area contributed by atoms with Crippen molar-refractivity contribution in [2.24, 2.45) is 0 Å². The molecule has 1 rings (SSSR count). The van der Waals surface area contributed by atoms with Gasteiger partial charge in [0.05, 0.1) is 33.1 Å². The van der Waals surface area contributed by atoms with Gasteiger partial charge in [-0.3, -0.25) is 9.59 Å². The van der Waals surface area contributed by atoms with Crippen molar-refractivity contribution in [1.29, 1.82) is 0 Å². The van der Waals surface area contributed by atoms with Crippen molar-refractivity contribution in [3.05, 3.63) is 18.2 Å². The Labute approximate surface area is 130 Å². The van der Waals surface area contributed by atoms with E-state index in [9.17, 15) is 9.59 Å². The maximum atomic E-state index is 12.1. The van der Waals surface area contributed by atoms with Crippen molar-refractivity contribution in [2.75, 3.05) is 46.3 Å². The second-order valence-corrected chi connectivity index (χ2v) is 4.55. The maximum absolute atomic E-state index is 12.1. The van der Waals surface area contributed by atoms with Crippen molar-refractivity contribution in [3.63, 3.8) is 0 Å². The summed E-state index contributed by atoms with van der Waals surface area (Å²) < 4.78 is 15.2. The third-order valence-electron chi connectivity index (χ3n) is 3.03. The molecule has 22 heavy (non-hydrogen) atoms. The van der Waals surface area contributed by atoms with Crippen LogP contribution in [0.15, 0.2) is 18.2 Å². The molecule has 0 saturated heterocycles. The summed E-state index contributed by atoms with van der Waals surface area (Å²) >= 11 is 0. The third kappa shape index (κ3) is 5.25. The fourth-order valence-corrected chi connectivity index (χ4v) is 1.82. The number of nitrogens with zero attached hydrogens (tertiary/aromatic N) is 1. The van der Waals surface area contributed by atoms with Gasteiger partial charge in [-0.15, -0.1) is 0 Å². The van der Waals surface area contributed by atoms with Crippen LogP contribution in [0.5, 0.6) is 11.5 Å². The molecular weight excluding hydrogens is 288 g/mol. The lowest BCUT2D eigenvalue weighted by molar-refractivity contribution is -0.133. The summed E-state index contributed by atoms with van der Waals surface area (Å²) in [6, 6.07) is 5.08. The zero-order valence-corrected chi connectivity index (χ0v) is 13.3. The minimum atomic E-state index is -0.321. The molecule has 0 saturated carbocycles. The Morgan fingerprint density at radius 3 is 2.45 bits per heavy atom. The lowest BCUT2D eigenvalue weighted by Crippen LogP contribution is -2.38. The third-order valence-corrected chi connectivity index (χ3v) is 3.03. The lowest BCUT2D eigenvalue weighted by atomic mass is 10.2. The van der Waals surface area contributed by atoms with E-state index in [1.807, 2.05) is 0 Å². The van der Waals surface area contributed by atoms with Crippen molar-refractivity contribution in [1.82, 2.24) is 4.90 Å². The molecule has 0 fully saturated rings. The molecule has 0 heterocycles. The first kappa shape index (κ1) is 17.8. The number of hydrogen-bond acceptors (Lipinski definition) is 5. The molecule has 0 atom stereocenters. The van der Waals surface area contributed by atoms with E-state index < -0.39 is 0 Å². The standard InChI is InChI=1S/C15H22N2O5/c1-11(18)17(7-8-20-2)10-15(19)16-13-9-12(21-3)5-6-14(13)22-4/h5-6,9H,7-8,10H2,1-4H3,(H,16,19). The number of methoxy groups -OCH3 is 3. The van der Waals surface area contributed by atoms with Crippen LogP contribution in [-0.2, 0) is 14.3 Å². The average molecular weight is 310 g/mol. The predicted octanol–water partition coefficient (Wildman–Crippen LogP) is 1.14. The summed E-state index contributed by atoms with van der Waals surface area (Å²) in [5.41, 5.74) is 0.488. The Balaban J connectivity index is 2.76. The molecule has 0 spiro atoms. The van der Waals surface area contributed by atoms with Gasteiger partial charge in [-0.25, -0.2) is 0 Å². The van der Waals surface area contributed by atoms with Crippen LogP contribution in [0.25, 0.3) is 0 Å². The highest BCUT2D eigenvalue weighted by Crippen LogP contribution is 2.28. The van der Waals surface area contributed by atoms with Gasteiger partial charge in [0.1, 0.15) is 11.5 Å². The van der Waals surface area contributed by atoms with Crippen molar-refractivity contribution in [3.8, 4) is 11.5 Å². The van der Waals surface area contributed by atoms with Gasteiger partial charge >= 0.3 is 0 Å². The van der Waals surface area contributed by atoms with E-state index in [-0.39, 0.29) is 18.4 Å². The molecule has 1 aromatic carbocycles. The Hall–Kier alpha value is -2.28. The molecule has 0 radical (unpaired) electrons. The summed E-state index contributed by atoms with van der Waals surface area (Å²) in [6.07, 6.45) is 0. The van der Waals surface area contributed by atoms with Gasteiger partial charge in [0.25, 0.3) is 0 Å². The number of carbonyl (C=O) groups excluding carboxylic acids is 2. The van der Waals surface area contributed by atoms with E-state index in [0.29, 0.717) is 30.3 Å². The smallest absolute Gasteiger partial charge is 0.244 e. The first-order chi connectivity index (χ1) is 10.5. The lowest BCUT2D eigenvalue weighted by Gasteiger charge is -2.20. The van der Waals surface area contributed by atoms with Crippen LogP contribution in [0.1, 0.15) is 6.92 Å². The van der Waals surface area contributed by atoms with Gasteiger partial charge in [-0.2, -0.15) is 0 Å². The van der Waals surface area contributed by atoms with Crippen LogP contribution >= 0.6 is 0 Å². The first-order valence-corrected chi connectivity index (χ1v) is 6.78. The van der Waals surface area contributed by atoms with E-state index in [1.54, 1.807) is 25.3 Å². The number of hydrogen-bond donors (Lipinski definition) is 1. The molecule has 7 heteroatoms. The van der Waals surface area contributed by atoms with Crippen LogP contribution < -0.4 is 14.8 Å². The maximum Gasteiger partial charge on any atom is 0.244 e. The number of carbonyl (C=O) groups is 2. The SMILES string of the molecule is COCCN(CC(=O)Nc1cc(OC)ccc1OC)C(C)=O. The van der Waals surface area contributed by atoms with Gasteiger partial charge in [0.2, 0.25) is 11.8 Å². The number of amides is 2. The summed E-state index contributed by atoms with van der Waals surface area (Å²) in [6.45, 7) is 2.08. The number of ether oxygens (including phenoxy) is 3. The van der Waals surface area contributed by atoms with Gasteiger partial charge < -0.3 is 24.4 Å². The number of nitrogens with one attached hydrogen (secondary N) is 1. The van der Waals surface area contributed by atoms with Crippen LogP contribution in [0.4, 0.5) is 5.69 Å². The predicted molar refractivity (Wildman–Crippen MR) is 82.3 cm³/mol. The fourth-order valence-electron chi connectivity index (χ4n) is 1.82. The molecule has 2 amide bonds. The van der Waals surface area contributed by atoms with Gasteiger partial charge in [0.15, 0.2) is 0 Å². The first-order valence-electron chi connectivity index (χ1n) is 6.78. The monoisotopic (exact) mass is 310 g/mol. The fraction of sp³-hybridized carbons (Fsp3) is 0.467. The Morgan fingerprint density at radius 2 is 1.91 bits per heavy atom. The van der Waals surface area contributed by atoms with Gasteiger partial charge in [-0.1, -0.05) is 0 Å². The molecule has 0 aromatic heterocycles. The number of rotatable bonds is 8. The van der Waals surface area contributed by atoms with E-state index in [4.69, 9.17) is 14.2 Å². The molecule has 0 aliphatic rings. The normalized spacial score (nSPS) is 10.0. The van der Waals surface area contributed by atoms with Crippen LogP contribution in [0, 0.1) is 0 Å². The second-order valence-electron chi connectivity index (χ2n) is 4.55. The molecular formula is C15H22N2O5. The highest BCUT2D eigenvalue weighted by atomic mass is 16.5. The van der Waals surface area contributed by atoms with Crippen LogP contribution in [-0.4, -0.2) is 57.7 Å². The molecule has 0 bridgehead atoms. The van der Waals surface area contributed by atoms with Crippen LogP contribution in [0.2, 0.25) is 0 Å². The molecule has 122 valence electrons. The van der Waals surface area contributed by atoms with Gasteiger partial charge in [-0.05, 0) is 12.1 Å². The molecule has 1 aromatic rings. The van der Waals surface area contributed by atoms with Crippen molar-refractivity contribution < 1.29 is 23.8 Å². The molecule has 0 aliphatic heterocycles. The topological polar surface area (TPSA) is 77.1 Å². The van der Waals surface area contributed by atoms with E-state index >= 15 is 0 Å².